The van der Waals surface area contributed by atoms with Gasteiger partial charge in [0.25, 0.3) is 0 Å². The van der Waals surface area contributed by atoms with Gasteiger partial charge in [0.15, 0.2) is 5.76 Å². The number of hydrogen-bond acceptors (Lipinski definition) is 6. The van der Waals surface area contributed by atoms with Gasteiger partial charge in [-0.3, -0.25) is 4.90 Å². The summed E-state index contributed by atoms with van der Waals surface area (Å²) in [7, 11) is 0. The van der Waals surface area contributed by atoms with E-state index in [1.807, 2.05) is 18.2 Å². The van der Waals surface area contributed by atoms with Crippen molar-refractivity contribution in [3.8, 4) is 17.5 Å². The molecule has 5 aromatic rings. The summed E-state index contributed by atoms with van der Waals surface area (Å²) in [4.78, 5) is 8.50. The molecule has 0 fully saturated rings. The topological polar surface area (TPSA) is 66.8 Å². The second kappa shape index (κ2) is 7.88. The van der Waals surface area contributed by atoms with E-state index in [0.29, 0.717) is 16.5 Å². The smallest absolute Gasteiger partial charge is 0.230 e. The predicted octanol–water partition coefficient (Wildman–Crippen LogP) is 5.67. The summed E-state index contributed by atoms with van der Waals surface area (Å²) in [6.45, 7) is 1.72. The number of hydrogen-bond donors (Lipinski definition) is 1. The van der Waals surface area contributed by atoms with Crippen LogP contribution in [0.15, 0.2) is 75.8 Å². The van der Waals surface area contributed by atoms with E-state index in [9.17, 15) is 5.11 Å². The molecule has 1 N–H and O–H groups in total. The number of fused-ring (bicyclic) bond motifs is 2. The van der Waals surface area contributed by atoms with Gasteiger partial charge in [-0.25, -0.2) is 0 Å². The zero-order valence-electron chi connectivity index (χ0n) is 17.0. The van der Waals surface area contributed by atoms with Gasteiger partial charge in [-0.05, 0) is 47.4 Å². The Kier molecular flexibility index (Phi) is 4.86. The molecule has 0 amide bonds. The fourth-order valence-electron chi connectivity index (χ4n) is 4.38. The summed E-state index contributed by atoms with van der Waals surface area (Å²) in [6.07, 6.45) is 2.57. The van der Waals surface area contributed by atoms with Crippen molar-refractivity contribution in [3.63, 3.8) is 0 Å². The number of halogens is 1. The summed E-state index contributed by atoms with van der Waals surface area (Å²) < 4.78 is 7.94. The minimum Gasteiger partial charge on any atom is -0.492 e. The van der Waals surface area contributed by atoms with Crippen LogP contribution in [0, 0.1) is 0 Å². The number of aromatic nitrogens is 3. The first-order valence-corrected chi connectivity index (χ1v) is 12.0. The monoisotopic (exact) mass is 506 g/mol. The van der Waals surface area contributed by atoms with E-state index in [1.54, 1.807) is 12.3 Å². The van der Waals surface area contributed by atoms with Crippen LogP contribution in [0.1, 0.15) is 27.6 Å². The van der Waals surface area contributed by atoms with Gasteiger partial charge >= 0.3 is 0 Å². The zero-order chi connectivity index (χ0) is 21.7. The summed E-state index contributed by atoms with van der Waals surface area (Å²) >= 11 is 5.08. The van der Waals surface area contributed by atoms with Crippen LogP contribution < -0.4 is 0 Å². The summed E-state index contributed by atoms with van der Waals surface area (Å²) in [5.74, 6) is 1.17. The van der Waals surface area contributed by atoms with E-state index in [1.165, 1.54) is 27.0 Å². The normalized spacial score (nSPS) is 15.2. The Morgan fingerprint density at radius 1 is 1.06 bits per heavy atom. The highest BCUT2D eigenvalue weighted by Crippen LogP contribution is 2.42. The van der Waals surface area contributed by atoms with Crippen LogP contribution >= 0.6 is 27.3 Å². The molecule has 3 aromatic heterocycles. The SMILES string of the molecule is Oc1c([C@H](c2cccc(Br)c2)N2CCc3ccccc3C2)sc2nc(-c3ccco3)nn12. The van der Waals surface area contributed by atoms with E-state index in [0.717, 1.165) is 34.4 Å². The molecule has 160 valence electrons. The molecular formula is C24H19BrN4O2S. The molecule has 0 saturated heterocycles. The first kappa shape index (κ1) is 19.7. The second-order valence-corrected chi connectivity index (χ2v) is 9.77. The van der Waals surface area contributed by atoms with Crippen molar-refractivity contribution in [1.82, 2.24) is 19.5 Å². The third-order valence-corrected chi connectivity index (χ3v) is 7.45. The molecule has 8 heteroatoms. The molecule has 1 atom stereocenters. The zero-order valence-corrected chi connectivity index (χ0v) is 19.4. The number of furan rings is 1. The highest BCUT2D eigenvalue weighted by atomic mass is 79.9. The van der Waals surface area contributed by atoms with Gasteiger partial charge in [0, 0.05) is 17.6 Å². The quantitative estimate of drug-likeness (QED) is 0.340. The Morgan fingerprint density at radius 2 is 1.94 bits per heavy atom. The number of nitrogens with zero attached hydrogens (tertiary/aromatic N) is 4. The maximum atomic E-state index is 11.2. The lowest BCUT2D eigenvalue weighted by atomic mass is 9.96. The molecule has 0 radical (unpaired) electrons. The van der Waals surface area contributed by atoms with Crippen LogP contribution in [0.3, 0.4) is 0 Å². The van der Waals surface area contributed by atoms with E-state index in [4.69, 9.17) is 4.42 Å². The van der Waals surface area contributed by atoms with Crippen LogP contribution in [-0.2, 0) is 13.0 Å². The van der Waals surface area contributed by atoms with Gasteiger partial charge in [-0.2, -0.15) is 9.50 Å². The van der Waals surface area contributed by atoms with E-state index >= 15 is 0 Å². The van der Waals surface area contributed by atoms with Gasteiger partial charge in [0.05, 0.1) is 17.2 Å². The lowest BCUT2D eigenvalue weighted by Gasteiger charge is -2.35. The molecule has 1 aliphatic rings. The van der Waals surface area contributed by atoms with Crippen molar-refractivity contribution in [2.24, 2.45) is 0 Å². The van der Waals surface area contributed by atoms with Crippen LogP contribution in [0.2, 0.25) is 0 Å². The molecular weight excluding hydrogens is 488 g/mol. The first-order valence-electron chi connectivity index (χ1n) is 10.4. The lowest BCUT2D eigenvalue weighted by Crippen LogP contribution is -2.34. The van der Waals surface area contributed by atoms with Crippen molar-refractivity contribution in [3.05, 3.63) is 93.0 Å². The minimum absolute atomic E-state index is 0.110. The van der Waals surface area contributed by atoms with Crippen LogP contribution in [0.5, 0.6) is 5.88 Å². The molecule has 2 aromatic carbocycles. The number of thiazole rings is 1. The molecule has 6 rings (SSSR count). The maximum absolute atomic E-state index is 11.2. The van der Waals surface area contributed by atoms with E-state index in [-0.39, 0.29) is 11.9 Å². The molecule has 0 bridgehead atoms. The highest BCUT2D eigenvalue weighted by molar-refractivity contribution is 9.10. The third kappa shape index (κ3) is 3.35. The molecule has 0 saturated carbocycles. The molecule has 0 unspecified atom stereocenters. The number of benzene rings is 2. The molecule has 4 heterocycles. The van der Waals surface area contributed by atoms with E-state index < -0.39 is 0 Å². The average molecular weight is 507 g/mol. The van der Waals surface area contributed by atoms with Crippen molar-refractivity contribution in [1.29, 1.82) is 0 Å². The predicted molar refractivity (Wildman–Crippen MR) is 127 cm³/mol. The summed E-state index contributed by atoms with van der Waals surface area (Å²) in [5.41, 5.74) is 3.84. The Hall–Kier alpha value is -2.94. The largest absolute Gasteiger partial charge is 0.492 e. The van der Waals surface area contributed by atoms with Crippen molar-refractivity contribution in [2.45, 2.75) is 19.0 Å². The van der Waals surface area contributed by atoms with E-state index in [2.05, 4.69) is 67.3 Å². The van der Waals surface area contributed by atoms with Crippen molar-refractivity contribution in [2.75, 3.05) is 6.54 Å². The third-order valence-electron chi connectivity index (χ3n) is 5.88. The van der Waals surface area contributed by atoms with Gasteiger partial charge < -0.3 is 9.52 Å². The lowest BCUT2D eigenvalue weighted by molar-refractivity contribution is 0.205. The van der Waals surface area contributed by atoms with Gasteiger partial charge in [-0.1, -0.05) is 63.7 Å². The fourth-order valence-corrected chi connectivity index (χ4v) is 5.92. The number of rotatable bonds is 4. The van der Waals surface area contributed by atoms with Crippen LogP contribution in [-0.4, -0.2) is 31.1 Å². The molecule has 1 aliphatic heterocycles. The Morgan fingerprint density at radius 3 is 2.72 bits per heavy atom. The van der Waals surface area contributed by atoms with Crippen LogP contribution in [0.4, 0.5) is 0 Å². The van der Waals surface area contributed by atoms with Crippen molar-refractivity contribution >= 4 is 32.2 Å². The fraction of sp³-hybridized carbons (Fsp3) is 0.167. The summed E-state index contributed by atoms with van der Waals surface area (Å²) in [6, 6.07) is 20.4. The standard InChI is InChI=1S/C24H19BrN4O2S/c25-18-8-3-7-16(13-18)20(28-11-10-15-5-1-2-6-17(15)14-28)21-23(30)29-24(32-21)26-22(27-29)19-9-4-12-31-19/h1-9,12-13,20,30H,10-11,14H2/t20-/m0/s1. The van der Waals surface area contributed by atoms with Crippen molar-refractivity contribution < 1.29 is 9.52 Å². The average Bonchev–Trinajstić information content (AvgIpc) is 3.53. The second-order valence-electron chi connectivity index (χ2n) is 7.84. The van der Waals surface area contributed by atoms with Gasteiger partial charge in [0.2, 0.25) is 16.7 Å². The minimum atomic E-state index is -0.110. The summed E-state index contributed by atoms with van der Waals surface area (Å²) in [5, 5.41) is 15.7. The Bertz CT molecular complexity index is 1410. The molecule has 0 spiro atoms. The van der Waals surface area contributed by atoms with Gasteiger partial charge in [0.1, 0.15) is 0 Å². The number of aromatic hydroxyl groups is 1. The molecule has 6 nitrogen and oxygen atoms in total. The maximum Gasteiger partial charge on any atom is 0.230 e. The van der Waals surface area contributed by atoms with Crippen LogP contribution in [0.25, 0.3) is 16.5 Å². The van der Waals surface area contributed by atoms with Gasteiger partial charge in [-0.15, -0.1) is 5.10 Å². The Labute approximate surface area is 196 Å². The molecule has 0 aliphatic carbocycles. The first-order chi connectivity index (χ1) is 15.7. The highest BCUT2D eigenvalue weighted by Gasteiger charge is 2.32. The molecule has 32 heavy (non-hydrogen) atoms. The Balaban J connectivity index is 1.45.